The molecule has 0 saturated carbocycles. The summed E-state index contributed by atoms with van der Waals surface area (Å²) >= 11 is 5.78. The van der Waals surface area contributed by atoms with E-state index in [4.69, 9.17) is 11.6 Å². The van der Waals surface area contributed by atoms with Crippen LogP contribution in [-0.2, 0) is 7.05 Å². The Bertz CT molecular complexity index is 381. The van der Waals surface area contributed by atoms with E-state index in [0.717, 1.165) is 5.19 Å². The minimum atomic E-state index is -1.60. The number of nitrogens with zero attached hydrogens (tertiary/aromatic N) is 2. The first kappa shape index (κ1) is 10.5. The maximum Gasteiger partial charge on any atom is 0.265 e. The van der Waals surface area contributed by atoms with Crippen molar-refractivity contribution in [1.82, 2.24) is 9.78 Å². The molecule has 0 saturated heterocycles. The van der Waals surface area contributed by atoms with Gasteiger partial charge in [-0.25, -0.2) is 4.68 Å². The number of hydrogen-bond acceptors (Lipinski definition) is 2. The van der Waals surface area contributed by atoms with Gasteiger partial charge in [0.2, 0.25) is 0 Å². The molecule has 0 aliphatic heterocycles. The number of aromatic nitrogens is 2. The Morgan fingerprint density at radius 1 is 1.46 bits per heavy atom. The summed E-state index contributed by atoms with van der Waals surface area (Å²) in [6, 6.07) is 1.69. The van der Waals surface area contributed by atoms with Crippen molar-refractivity contribution in [3.8, 4) is 0 Å². The first-order valence-electron chi connectivity index (χ1n) is 4.06. The lowest BCUT2D eigenvalue weighted by molar-refractivity contribution is 0.713. The van der Waals surface area contributed by atoms with Crippen LogP contribution in [0.1, 0.15) is 0 Å². The molecule has 0 aromatic carbocycles. The lowest BCUT2D eigenvalue weighted by Crippen LogP contribution is -2.50. The van der Waals surface area contributed by atoms with E-state index in [1.54, 1.807) is 13.1 Å². The molecule has 5 heteroatoms. The molecule has 3 nitrogen and oxygen atoms in total. The van der Waals surface area contributed by atoms with Gasteiger partial charge in [-0.3, -0.25) is 4.79 Å². The monoisotopic (exact) mass is 216 g/mol. The van der Waals surface area contributed by atoms with Crippen molar-refractivity contribution in [2.45, 2.75) is 19.6 Å². The van der Waals surface area contributed by atoms with Crippen LogP contribution in [0.4, 0.5) is 0 Å². The Labute approximate surface area is 83.4 Å². The van der Waals surface area contributed by atoms with E-state index >= 15 is 0 Å². The van der Waals surface area contributed by atoms with Crippen LogP contribution in [0, 0.1) is 0 Å². The Morgan fingerprint density at radius 2 is 2.00 bits per heavy atom. The summed E-state index contributed by atoms with van der Waals surface area (Å²) in [5, 5.41) is 5.06. The van der Waals surface area contributed by atoms with E-state index in [0.29, 0.717) is 5.15 Å². The molecule has 0 radical (unpaired) electrons. The molecule has 0 unspecified atom stereocenters. The molecule has 0 atom stereocenters. The lowest BCUT2D eigenvalue weighted by Gasteiger charge is -2.15. The van der Waals surface area contributed by atoms with Crippen molar-refractivity contribution >= 4 is 24.9 Å². The Balaban J connectivity index is 3.47. The topological polar surface area (TPSA) is 34.9 Å². The SMILES string of the molecule is Cn1nc(Cl)cc([Si](C)(C)C)c1=O. The first-order chi connectivity index (χ1) is 5.82. The van der Waals surface area contributed by atoms with Gasteiger partial charge in [-0.05, 0) is 6.07 Å². The van der Waals surface area contributed by atoms with E-state index in [9.17, 15) is 4.79 Å². The highest BCUT2D eigenvalue weighted by atomic mass is 35.5. The normalized spacial score (nSPS) is 11.8. The van der Waals surface area contributed by atoms with E-state index in [1.807, 2.05) is 0 Å². The van der Waals surface area contributed by atoms with E-state index in [2.05, 4.69) is 24.7 Å². The molecule has 0 aliphatic carbocycles. The molecular formula is C8H13ClN2OSi. The van der Waals surface area contributed by atoms with Gasteiger partial charge in [0, 0.05) is 12.2 Å². The minimum Gasteiger partial charge on any atom is -0.268 e. The molecule has 72 valence electrons. The molecule has 13 heavy (non-hydrogen) atoms. The van der Waals surface area contributed by atoms with Crippen LogP contribution in [0.25, 0.3) is 0 Å². The van der Waals surface area contributed by atoms with Gasteiger partial charge in [-0.15, -0.1) is 0 Å². The third kappa shape index (κ3) is 2.19. The zero-order valence-electron chi connectivity index (χ0n) is 8.26. The third-order valence-corrected chi connectivity index (χ3v) is 4.00. The van der Waals surface area contributed by atoms with Crippen molar-refractivity contribution in [1.29, 1.82) is 0 Å². The van der Waals surface area contributed by atoms with E-state index in [-0.39, 0.29) is 5.56 Å². The fourth-order valence-corrected chi connectivity index (χ4v) is 2.80. The number of aryl methyl sites for hydroxylation is 1. The number of halogens is 1. The molecular weight excluding hydrogens is 204 g/mol. The van der Waals surface area contributed by atoms with Crippen molar-refractivity contribution in [3.05, 3.63) is 21.6 Å². The van der Waals surface area contributed by atoms with Crippen molar-refractivity contribution < 1.29 is 0 Å². The summed E-state index contributed by atoms with van der Waals surface area (Å²) in [6.45, 7) is 6.33. The predicted octanol–water partition coefficient (Wildman–Crippen LogP) is 0.979. The van der Waals surface area contributed by atoms with Crippen LogP contribution in [-0.4, -0.2) is 17.9 Å². The minimum absolute atomic E-state index is 0.0245. The van der Waals surface area contributed by atoms with Gasteiger partial charge in [-0.1, -0.05) is 31.2 Å². The van der Waals surface area contributed by atoms with Crippen LogP contribution < -0.4 is 10.7 Å². The summed E-state index contributed by atoms with van der Waals surface area (Å²) < 4.78 is 1.30. The quantitative estimate of drug-likeness (QED) is 0.656. The fourth-order valence-electron chi connectivity index (χ4n) is 1.11. The maximum absolute atomic E-state index is 11.6. The summed E-state index contributed by atoms with van der Waals surface area (Å²) in [5.41, 5.74) is -0.0245. The van der Waals surface area contributed by atoms with Gasteiger partial charge in [0.15, 0.2) is 0 Å². The number of hydrogen-bond donors (Lipinski definition) is 0. The van der Waals surface area contributed by atoms with Gasteiger partial charge in [0.25, 0.3) is 5.56 Å². The highest BCUT2D eigenvalue weighted by molar-refractivity contribution is 6.88. The summed E-state index contributed by atoms with van der Waals surface area (Å²) in [6.07, 6.45) is 0. The predicted molar refractivity (Wildman–Crippen MR) is 57.5 cm³/mol. The molecule has 0 spiro atoms. The van der Waals surface area contributed by atoms with Gasteiger partial charge < -0.3 is 0 Å². The first-order valence-corrected chi connectivity index (χ1v) is 7.94. The smallest absolute Gasteiger partial charge is 0.265 e. The molecule has 0 bridgehead atoms. The molecule has 0 N–H and O–H groups in total. The number of rotatable bonds is 1. The fraction of sp³-hybridized carbons (Fsp3) is 0.500. The molecule has 0 aliphatic rings. The van der Waals surface area contributed by atoms with Gasteiger partial charge in [0.05, 0.1) is 8.07 Å². The van der Waals surface area contributed by atoms with Gasteiger partial charge in [-0.2, -0.15) is 5.10 Å². The van der Waals surface area contributed by atoms with E-state index < -0.39 is 8.07 Å². The van der Waals surface area contributed by atoms with Gasteiger partial charge in [0.1, 0.15) is 5.15 Å². The second kappa shape index (κ2) is 3.27. The van der Waals surface area contributed by atoms with Crippen LogP contribution in [0.15, 0.2) is 10.9 Å². The maximum atomic E-state index is 11.6. The Hall–Kier alpha value is -0.613. The largest absolute Gasteiger partial charge is 0.268 e. The zero-order valence-corrected chi connectivity index (χ0v) is 10.0. The van der Waals surface area contributed by atoms with Crippen LogP contribution in [0.5, 0.6) is 0 Å². The second-order valence-electron chi connectivity index (χ2n) is 4.06. The molecule has 1 aromatic heterocycles. The van der Waals surface area contributed by atoms with Crippen LogP contribution in [0.2, 0.25) is 24.8 Å². The van der Waals surface area contributed by atoms with Crippen LogP contribution in [0.3, 0.4) is 0 Å². The standard InChI is InChI=1S/C8H13ClN2OSi/c1-11-8(12)6(13(2,3)4)5-7(9)10-11/h5H,1-4H3. The van der Waals surface area contributed by atoms with Crippen molar-refractivity contribution in [2.75, 3.05) is 0 Å². The third-order valence-electron chi connectivity index (χ3n) is 1.84. The second-order valence-corrected chi connectivity index (χ2v) is 9.49. The van der Waals surface area contributed by atoms with Gasteiger partial charge >= 0.3 is 0 Å². The molecule has 1 rings (SSSR count). The van der Waals surface area contributed by atoms with Crippen molar-refractivity contribution in [3.63, 3.8) is 0 Å². The lowest BCUT2D eigenvalue weighted by atomic mass is 10.6. The van der Waals surface area contributed by atoms with E-state index in [1.165, 1.54) is 4.68 Å². The Kier molecular flexibility index (Phi) is 2.63. The molecule has 0 fully saturated rings. The highest BCUT2D eigenvalue weighted by Gasteiger charge is 2.21. The average Bonchev–Trinajstić information content (AvgIpc) is 1.94. The summed E-state index contributed by atoms with van der Waals surface area (Å²) in [4.78, 5) is 11.6. The molecule has 1 aromatic rings. The summed E-state index contributed by atoms with van der Waals surface area (Å²) in [5.74, 6) is 0. The molecule has 1 heterocycles. The zero-order chi connectivity index (χ0) is 10.2. The molecule has 0 amide bonds. The average molecular weight is 217 g/mol. The highest BCUT2D eigenvalue weighted by Crippen LogP contribution is 2.03. The Morgan fingerprint density at radius 3 is 2.46 bits per heavy atom. The van der Waals surface area contributed by atoms with Crippen LogP contribution >= 0.6 is 11.6 Å². The summed E-state index contributed by atoms with van der Waals surface area (Å²) in [7, 11) is 0.0244. The van der Waals surface area contributed by atoms with Crippen molar-refractivity contribution in [2.24, 2.45) is 7.05 Å².